The van der Waals surface area contributed by atoms with E-state index >= 15 is 0 Å². The minimum absolute atomic E-state index is 0.131. The third-order valence-electron chi connectivity index (χ3n) is 5.07. The maximum atomic E-state index is 13.6. The molecule has 0 radical (unpaired) electrons. The maximum Gasteiger partial charge on any atom is 0.242 e. The first-order chi connectivity index (χ1) is 13.1. The van der Waals surface area contributed by atoms with E-state index in [1.807, 2.05) is 4.90 Å². The molecule has 0 spiro atoms. The lowest BCUT2D eigenvalue weighted by atomic mass is 10.0. The van der Waals surface area contributed by atoms with Crippen molar-refractivity contribution in [1.82, 2.24) is 19.8 Å². The molecule has 0 bridgehead atoms. The number of hydrogen-bond acceptors (Lipinski definition) is 5. The monoisotopic (exact) mass is 412 g/mol. The van der Waals surface area contributed by atoms with Crippen molar-refractivity contribution in [2.75, 3.05) is 25.9 Å². The average Bonchev–Trinajstić information content (AvgIpc) is 2.95. The van der Waals surface area contributed by atoms with E-state index < -0.39 is 16.1 Å². The predicted molar refractivity (Wildman–Crippen MR) is 101 cm³/mol. The summed E-state index contributed by atoms with van der Waals surface area (Å²) in [6.45, 7) is 2.73. The second-order valence-electron chi connectivity index (χ2n) is 7.48. The molecular formula is C18H25FN4O4S. The number of halogens is 1. The zero-order valence-electron chi connectivity index (χ0n) is 15.9. The number of sulfonamides is 1. The number of rotatable bonds is 6. The molecular weight excluding hydrogens is 387 g/mol. The molecule has 10 heteroatoms. The average molecular weight is 412 g/mol. The lowest BCUT2D eigenvalue weighted by molar-refractivity contribution is -0.144. The number of fused-ring (bicyclic) bond motifs is 1. The minimum Gasteiger partial charge on any atom is -0.354 e. The lowest BCUT2D eigenvalue weighted by Gasteiger charge is -2.42. The fraction of sp³-hybridized carbons (Fsp3) is 0.556. The van der Waals surface area contributed by atoms with Crippen LogP contribution in [0.25, 0.3) is 0 Å². The van der Waals surface area contributed by atoms with E-state index in [-0.39, 0.29) is 36.3 Å². The van der Waals surface area contributed by atoms with Crippen LogP contribution in [-0.4, -0.2) is 74.0 Å². The van der Waals surface area contributed by atoms with Gasteiger partial charge in [-0.05, 0) is 24.1 Å². The number of nitrogens with zero attached hydrogens (tertiary/aromatic N) is 2. The Bertz CT molecular complexity index is 863. The van der Waals surface area contributed by atoms with E-state index in [0.717, 1.165) is 11.8 Å². The van der Waals surface area contributed by atoms with Crippen LogP contribution in [0.15, 0.2) is 24.3 Å². The van der Waals surface area contributed by atoms with Gasteiger partial charge in [0.1, 0.15) is 11.9 Å². The van der Waals surface area contributed by atoms with Gasteiger partial charge >= 0.3 is 0 Å². The van der Waals surface area contributed by atoms with Gasteiger partial charge < -0.3 is 10.2 Å². The number of piperazine rings is 1. The molecule has 0 aromatic heterocycles. The Morgan fingerprint density at radius 2 is 2.07 bits per heavy atom. The van der Waals surface area contributed by atoms with Crippen LogP contribution in [0.1, 0.15) is 18.9 Å². The molecule has 0 aliphatic carbocycles. The normalized spacial score (nSPS) is 25.6. The van der Waals surface area contributed by atoms with Crippen molar-refractivity contribution in [3.8, 4) is 0 Å². The fourth-order valence-corrected chi connectivity index (χ4v) is 4.77. The van der Waals surface area contributed by atoms with Crippen molar-refractivity contribution >= 4 is 21.8 Å². The summed E-state index contributed by atoms with van der Waals surface area (Å²) in [6.07, 6.45) is 1.62. The highest BCUT2D eigenvalue weighted by Gasteiger charge is 2.45. The van der Waals surface area contributed by atoms with Crippen molar-refractivity contribution < 1.29 is 22.4 Å². The summed E-state index contributed by atoms with van der Waals surface area (Å²) >= 11 is 0. The molecule has 28 heavy (non-hydrogen) atoms. The number of hydrogen-bond donors (Lipinski definition) is 2. The molecule has 1 aromatic rings. The van der Waals surface area contributed by atoms with Crippen molar-refractivity contribution in [2.45, 2.75) is 38.0 Å². The van der Waals surface area contributed by atoms with Crippen molar-refractivity contribution in [3.05, 3.63) is 35.6 Å². The second kappa shape index (κ2) is 8.14. The fourth-order valence-electron chi connectivity index (χ4n) is 3.99. The van der Waals surface area contributed by atoms with Crippen LogP contribution in [0.5, 0.6) is 0 Å². The first-order valence-electron chi connectivity index (χ1n) is 9.13. The Morgan fingerprint density at radius 1 is 1.32 bits per heavy atom. The Hall–Kier alpha value is -2.04. The van der Waals surface area contributed by atoms with E-state index in [4.69, 9.17) is 0 Å². The van der Waals surface area contributed by atoms with E-state index in [1.54, 1.807) is 17.0 Å². The van der Waals surface area contributed by atoms with Crippen LogP contribution in [0.2, 0.25) is 0 Å². The molecule has 2 aliphatic rings. The number of nitrogens with one attached hydrogen (secondary N) is 2. The summed E-state index contributed by atoms with van der Waals surface area (Å²) in [7, 11) is -3.37. The summed E-state index contributed by atoms with van der Waals surface area (Å²) in [6, 6.07) is 5.15. The highest BCUT2D eigenvalue weighted by atomic mass is 32.2. The summed E-state index contributed by atoms with van der Waals surface area (Å²) in [5.74, 6) is -0.739. The lowest BCUT2D eigenvalue weighted by Crippen LogP contribution is -2.62. The van der Waals surface area contributed by atoms with Gasteiger partial charge in [0.2, 0.25) is 21.8 Å². The smallest absolute Gasteiger partial charge is 0.242 e. The standard InChI is InChI=1S/C18H25FN4O4S/c1-12(24)20-8-17-18(25)23-10-15(21-28(2,26)27)7-16(23)11-22(17)9-13-4-3-5-14(19)6-13/h3-6,15-17,21H,7-11H2,1-2H3,(H,20,24)/t15-,16-,17-/m0/s1. The molecule has 3 atom stereocenters. The Balaban J connectivity index is 1.79. The zero-order valence-corrected chi connectivity index (χ0v) is 16.7. The highest BCUT2D eigenvalue weighted by molar-refractivity contribution is 7.88. The Morgan fingerprint density at radius 3 is 2.71 bits per heavy atom. The van der Waals surface area contributed by atoms with Crippen LogP contribution in [0.3, 0.4) is 0 Å². The van der Waals surface area contributed by atoms with Crippen LogP contribution in [0.4, 0.5) is 4.39 Å². The minimum atomic E-state index is -3.37. The maximum absolute atomic E-state index is 13.6. The van der Waals surface area contributed by atoms with Gasteiger partial charge in [0, 0.05) is 45.2 Å². The molecule has 3 rings (SSSR count). The quantitative estimate of drug-likeness (QED) is 0.666. The molecule has 2 heterocycles. The summed E-state index contributed by atoms with van der Waals surface area (Å²) in [5.41, 5.74) is 0.734. The molecule has 2 aliphatic heterocycles. The van der Waals surface area contributed by atoms with E-state index in [0.29, 0.717) is 26.1 Å². The van der Waals surface area contributed by atoms with Crippen LogP contribution in [0, 0.1) is 5.82 Å². The first-order valence-corrected chi connectivity index (χ1v) is 11.0. The molecule has 0 saturated carbocycles. The van der Waals surface area contributed by atoms with Crippen LogP contribution < -0.4 is 10.0 Å². The summed E-state index contributed by atoms with van der Waals surface area (Å²) < 4.78 is 39.2. The number of benzene rings is 1. The molecule has 2 saturated heterocycles. The van der Waals surface area contributed by atoms with Gasteiger partial charge in [0.15, 0.2) is 0 Å². The third kappa shape index (κ3) is 5.06. The van der Waals surface area contributed by atoms with Gasteiger partial charge in [-0.15, -0.1) is 0 Å². The second-order valence-corrected chi connectivity index (χ2v) is 9.26. The van der Waals surface area contributed by atoms with Crippen molar-refractivity contribution in [3.63, 3.8) is 0 Å². The zero-order chi connectivity index (χ0) is 20.5. The SMILES string of the molecule is CC(=O)NC[C@H]1C(=O)N2C[C@@H](NS(C)(=O)=O)C[C@H]2CN1Cc1cccc(F)c1. The number of amides is 2. The summed E-state index contributed by atoms with van der Waals surface area (Å²) in [5, 5.41) is 2.69. The molecule has 0 unspecified atom stereocenters. The van der Waals surface area contributed by atoms with Gasteiger partial charge in [-0.1, -0.05) is 12.1 Å². The van der Waals surface area contributed by atoms with Crippen molar-refractivity contribution in [1.29, 1.82) is 0 Å². The molecule has 8 nitrogen and oxygen atoms in total. The molecule has 2 fully saturated rings. The van der Waals surface area contributed by atoms with Gasteiger partial charge in [-0.2, -0.15) is 0 Å². The predicted octanol–water partition coefficient (Wildman–Crippen LogP) is -0.335. The van der Waals surface area contributed by atoms with E-state index in [1.165, 1.54) is 19.1 Å². The van der Waals surface area contributed by atoms with Crippen molar-refractivity contribution in [2.24, 2.45) is 0 Å². The topological polar surface area (TPSA) is 98.8 Å². The molecule has 2 N–H and O–H groups in total. The first kappa shape index (κ1) is 20.7. The number of carbonyl (C=O) groups is 2. The largest absolute Gasteiger partial charge is 0.354 e. The van der Waals surface area contributed by atoms with Crippen LogP contribution >= 0.6 is 0 Å². The number of carbonyl (C=O) groups excluding carboxylic acids is 2. The Labute approximate surface area is 164 Å². The molecule has 1 aromatic carbocycles. The van der Waals surface area contributed by atoms with Gasteiger partial charge in [0.25, 0.3) is 0 Å². The summed E-state index contributed by atoms with van der Waals surface area (Å²) in [4.78, 5) is 28.1. The van der Waals surface area contributed by atoms with Gasteiger partial charge in [-0.25, -0.2) is 17.5 Å². The Kier molecular flexibility index (Phi) is 6.01. The van der Waals surface area contributed by atoms with Gasteiger partial charge in [0.05, 0.1) is 6.26 Å². The molecule has 2 amide bonds. The highest BCUT2D eigenvalue weighted by Crippen LogP contribution is 2.27. The third-order valence-corrected chi connectivity index (χ3v) is 5.83. The molecule has 154 valence electrons. The van der Waals surface area contributed by atoms with Crippen LogP contribution in [-0.2, 0) is 26.2 Å². The van der Waals surface area contributed by atoms with E-state index in [9.17, 15) is 22.4 Å². The van der Waals surface area contributed by atoms with Gasteiger partial charge in [-0.3, -0.25) is 14.5 Å². The van der Waals surface area contributed by atoms with E-state index in [2.05, 4.69) is 10.0 Å².